The Morgan fingerprint density at radius 3 is 0.704 bits per heavy atom. The molecule has 0 amide bonds. The molecule has 9 rings (SSSR count). The van der Waals surface area contributed by atoms with Crippen LogP contribution in [0.3, 0.4) is 0 Å². The van der Waals surface area contributed by atoms with Gasteiger partial charge in [0.05, 0.1) is 0 Å². The van der Waals surface area contributed by atoms with Crippen molar-refractivity contribution in [3.8, 4) is 68.2 Å². The highest BCUT2D eigenvalue weighted by Gasteiger charge is 2.12. The SMILES string of the molecule is C(#Cc1c2ccccc2c(C#Cc2cc(-c3ccccc3)cc(-c3ccccc3)c2)c2ccccc12)c1cc(-c2ccccc2)cc(-c2ccccc2)c1. The quantitative estimate of drug-likeness (QED) is 0.128. The lowest BCUT2D eigenvalue weighted by atomic mass is 9.91. The molecule has 54 heavy (non-hydrogen) atoms. The number of hydrogen-bond acceptors (Lipinski definition) is 0. The van der Waals surface area contributed by atoms with Crippen LogP contribution in [0, 0.1) is 23.7 Å². The number of fused-ring (bicyclic) bond motifs is 2. The molecule has 0 bridgehead atoms. The Bertz CT molecular complexity index is 2520. The molecule has 0 nitrogen and oxygen atoms in total. The molecule has 0 spiro atoms. The van der Waals surface area contributed by atoms with Gasteiger partial charge in [-0.1, -0.05) is 194 Å². The van der Waals surface area contributed by atoms with E-state index in [0.29, 0.717) is 0 Å². The first-order chi connectivity index (χ1) is 26.8. The fourth-order valence-electron chi connectivity index (χ4n) is 7.26. The first-order valence-electron chi connectivity index (χ1n) is 18.3. The molecular formula is C54H34. The van der Waals surface area contributed by atoms with Crippen molar-refractivity contribution in [3.05, 3.63) is 229 Å². The molecule has 0 unspecified atom stereocenters. The van der Waals surface area contributed by atoms with Crippen LogP contribution in [0.5, 0.6) is 0 Å². The van der Waals surface area contributed by atoms with Crippen LogP contribution in [0.25, 0.3) is 66.1 Å². The minimum Gasteiger partial charge on any atom is -0.0622 e. The van der Waals surface area contributed by atoms with Crippen LogP contribution in [0.15, 0.2) is 206 Å². The molecule has 9 aromatic rings. The fourth-order valence-corrected chi connectivity index (χ4v) is 7.26. The third-order valence-corrected chi connectivity index (χ3v) is 9.89. The Morgan fingerprint density at radius 1 is 0.204 bits per heavy atom. The van der Waals surface area contributed by atoms with Gasteiger partial charge in [0, 0.05) is 22.3 Å². The van der Waals surface area contributed by atoms with Crippen molar-refractivity contribution in [2.45, 2.75) is 0 Å². The molecule has 0 saturated carbocycles. The number of benzene rings is 9. The smallest absolute Gasteiger partial charge is 0.0406 e. The van der Waals surface area contributed by atoms with E-state index in [9.17, 15) is 0 Å². The zero-order valence-electron chi connectivity index (χ0n) is 29.6. The standard InChI is InChI=1S/C54H34/c1-5-17-41(18-6-1)45-33-39(34-46(37-45)42-19-7-2-8-20-42)29-31-53-49-25-13-15-27-51(49)54(52-28-16-14-26-50(52)53)32-30-40-35-47(43-21-9-3-10-22-43)38-48(36-40)44-23-11-4-12-24-44/h1-28,33-38H. The maximum absolute atomic E-state index is 3.66. The zero-order chi connectivity index (χ0) is 36.1. The van der Waals surface area contributed by atoms with Crippen LogP contribution in [0.4, 0.5) is 0 Å². The number of rotatable bonds is 4. The second-order valence-corrected chi connectivity index (χ2v) is 13.4. The summed E-state index contributed by atoms with van der Waals surface area (Å²) < 4.78 is 0. The van der Waals surface area contributed by atoms with Crippen molar-refractivity contribution in [1.82, 2.24) is 0 Å². The van der Waals surface area contributed by atoms with E-state index in [1.165, 1.54) is 22.3 Å². The summed E-state index contributed by atoms with van der Waals surface area (Å²) in [6, 6.07) is 72.5. The summed E-state index contributed by atoms with van der Waals surface area (Å²) in [4.78, 5) is 0. The zero-order valence-corrected chi connectivity index (χ0v) is 29.6. The van der Waals surface area contributed by atoms with E-state index >= 15 is 0 Å². The van der Waals surface area contributed by atoms with Gasteiger partial charge < -0.3 is 0 Å². The predicted octanol–water partition coefficient (Wildman–Crippen LogP) is 13.5. The average molecular weight is 683 g/mol. The van der Waals surface area contributed by atoms with E-state index in [0.717, 1.165) is 66.1 Å². The average Bonchev–Trinajstić information content (AvgIpc) is 3.26. The lowest BCUT2D eigenvalue weighted by Crippen LogP contribution is -1.91. The van der Waals surface area contributed by atoms with Crippen LogP contribution in [-0.4, -0.2) is 0 Å². The first-order valence-corrected chi connectivity index (χ1v) is 18.3. The van der Waals surface area contributed by atoms with Crippen molar-refractivity contribution in [3.63, 3.8) is 0 Å². The Hall–Kier alpha value is -7.38. The lowest BCUT2D eigenvalue weighted by Gasteiger charge is -2.11. The molecule has 0 heteroatoms. The molecule has 0 aliphatic heterocycles. The largest absolute Gasteiger partial charge is 0.0622 e. The predicted molar refractivity (Wildman–Crippen MR) is 228 cm³/mol. The molecule has 0 radical (unpaired) electrons. The van der Waals surface area contributed by atoms with E-state index in [1.54, 1.807) is 0 Å². The van der Waals surface area contributed by atoms with Crippen LogP contribution >= 0.6 is 0 Å². The van der Waals surface area contributed by atoms with Crippen molar-refractivity contribution < 1.29 is 0 Å². The molecule has 0 aliphatic carbocycles. The topological polar surface area (TPSA) is 0 Å². The molecule has 0 saturated heterocycles. The Labute approximate surface area is 317 Å². The van der Waals surface area contributed by atoms with Gasteiger partial charge in [-0.3, -0.25) is 0 Å². The van der Waals surface area contributed by atoms with Gasteiger partial charge in [-0.15, -0.1) is 0 Å². The monoisotopic (exact) mass is 682 g/mol. The second kappa shape index (κ2) is 14.7. The van der Waals surface area contributed by atoms with Gasteiger partial charge >= 0.3 is 0 Å². The van der Waals surface area contributed by atoms with Crippen LogP contribution in [0.1, 0.15) is 22.3 Å². The lowest BCUT2D eigenvalue weighted by molar-refractivity contribution is 1.56. The van der Waals surface area contributed by atoms with Crippen molar-refractivity contribution in [2.75, 3.05) is 0 Å². The van der Waals surface area contributed by atoms with Gasteiger partial charge in [0.25, 0.3) is 0 Å². The highest BCUT2D eigenvalue weighted by molar-refractivity contribution is 6.10. The summed E-state index contributed by atoms with van der Waals surface area (Å²) in [5, 5.41) is 4.38. The Morgan fingerprint density at radius 2 is 0.444 bits per heavy atom. The van der Waals surface area contributed by atoms with E-state index < -0.39 is 0 Å². The molecule has 0 aliphatic rings. The first kappa shape index (κ1) is 32.5. The summed E-state index contributed by atoms with van der Waals surface area (Å²) in [6.07, 6.45) is 0. The molecule has 250 valence electrons. The van der Waals surface area contributed by atoms with Gasteiger partial charge in [0.15, 0.2) is 0 Å². The molecule has 9 aromatic carbocycles. The molecular weight excluding hydrogens is 649 g/mol. The normalized spacial score (nSPS) is 10.7. The van der Waals surface area contributed by atoms with E-state index in [2.05, 4.69) is 230 Å². The molecule has 0 N–H and O–H groups in total. The van der Waals surface area contributed by atoms with Crippen LogP contribution < -0.4 is 0 Å². The summed E-state index contributed by atoms with van der Waals surface area (Å²) in [6.45, 7) is 0. The Kier molecular flexibility index (Phi) is 8.85. The maximum Gasteiger partial charge on any atom is 0.0406 e. The van der Waals surface area contributed by atoms with E-state index in [4.69, 9.17) is 0 Å². The third kappa shape index (κ3) is 6.69. The molecule has 0 atom stereocenters. The Balaban J connectivity index is 1.20. The fraction of sp³-hybridized carbons (Fsp3) is 0. The summed E-state index contributed by atoms with van der Waals surface area (Å²) in [5.41, 5.74) is 13.2. The van der Waals surface area contributed by atoms with E-state index in [1.807, 2.05) is 0 Å². The van der Waals surface area contributed by atoms with Gasteiger partial charge in [0.2, 0.25) is 0 Å². The highest BCUT2D eigenvalue weighted by atomic mass is 14.1. The van der Waals surface area contributed by atoms with Gasteiger partial charge in [-0.25, -0.2) is 0 Å². The summed E-state index contributed by atoms with van der Waals surface area (Å²) in [5.74, 6) is 14.5. The van der Waals surface area contributed by atoms with Crippen molar-refractivity contribution in [2.24, 2.45) is 0 Å². The van der Waals surface area contributed by atoms with Crippen molar-refractivity contribution in [1.29, 1.82) is 0 Å². The number of hydrogen-bond donors (Lipinski definition) is 0. The molecule has 0 aromatic heterocycles. The summed E-state index contributed by atoms with van der Waals surface area (Å²) >= 11 is 0. The minimum absolute atomic E-state index is 0.972. The van der Waals surface area contributed by atoms with Gasteiger partial charge in [-0.05, 0) is 102 Å². The summed E-state index contributed by atoms with van der Waals surface area (Å²) in [7, 11) is 0. The maximum atomic E-state index is 3.66. The van der Waals surface area contributed by atoms with Crippen LogP contribution in [-0.2, 0) is 0 Å². The molecule has 0 heterocycles. The second-order valence-electron chi connectivity index (χ2n) is 13.4. The van der Waals surface area contributed by atoms with Gasteiger partial charge in [0.1, 0.15) is 0 Å². The van der Waals surface area contributed by atoms with Crippen molar-refractivity contribution >= 4 is 21.5 Å². The van der Waals surface area contributed by atoms with Crippen LogP contribution in [0.2, 0.25) is 0 Å². The minimum atomic E-state index is 0.972. The van der Waals surface area contributed by atoms with E-state index in [-0.39, 0.29) is 0 Å². The third-order valence-electron chi connectivity index (χ3n) is 9.89. The highest BCUT2D eigenvalue weighted by Crippen LogP contribution is 2.34. The van der Waals surface area contributed by atoms with Gasteiger partial charge in [-0.2, -0.15) is 0 Å². The molecule has 0 fully saturated rings.